The fourth-order valence-corrected chi connectivity index (χ4v) is 6.34. The highest BCUT2D eigenvalue weighted by atomic mass is 35.5. The van der Waals surface area contributed by atoms with E-state index in [4.69, 9.17) is 16.3 Å². The SMILES string of the molecule is CCOC(=O)NCCCC(O)(c1cccc(Cl)c1)C1CCCN(C(=O)NC(CNC)CC2CCCCC2)C1. The van der Waals surface area contributed by atoms with Gasteiger partial charge in [0.25, 0.3) is 0 Å². The van der Waals surface area contributed by atoms with E-state index in [9.17, 15) is 14.7 Å². The maximum Gasteiger partial charge on any atom is 0.407 e. The zero-order chi connectivity index (χ0) is 27.4. The average Bonchev–Trinajstić information content (AvgIpc) is 2.92. The first-order chi connectivity index (χ1) is 18.4. The molecule has 2 aliphatic rings. The molecule has 0 bridgehead atoms. The zero-order valence-electron chi connectivity index (χ0n) is 23.1. The van der Waals surface area contributed by atoms with E-state index in [-0.39, 0.29) is 18.0 Å². The summed E-state index contributed by atoms with van der Waals surface area (Å²) in [7, 11) is 1.93. The third-order valence-electron chi connectivity index (χ3n) is 8.11. The normalized spacial score (nSPS) is 20.8. The van der Waals surface area contributed by atoms with Crippen molar-refractivity contribution in [1.29, 1.82) is 0 Å². The molecule has 1 saturated heterocycles. The number of urea groups is 1. The van der Waals surface area contributed by atoms with Gasteiger partial charge in [0.15, 0.2) is 0 Å². The molecule has 0 radical (unpaired) electrons. The summed E-state index contributed by atoms with van der Waals surface area (Å²) in [6.45, 7) is 4.36. The third-order valence-corrected chi connectivity index (χ3v) is 8.34. The van der Waals surface area contributed by atoms with E-state index in [1.54, 1.807) is 13.0 Å². The van der Waals surface area contributed by atoms with Crippen molar-refractivity contribution in [2.45, 2.75) is 82.8 Å². The van der Waals surface area contributed by atoms with Crippen molar-refractivity contribution in [2.24, 2.45) is 11.8 Å². The number of hydrogen-bond acceptors (Lipinski definition) is 5. The van der Waals surface area contributed by atoms with Gasteiger partial charge in [0.2, 0.25) is 0 Å². The van der Waals surface area contributed by atoms with Crippen molar-refractivity contribution < 1.29 is 19.4 Å². The molecule has 3 atom stereocenters. The molecule has 214 valence electrons. The Kier molecular flexibility index (Phi) is 12.5. The molecule has 1 heterocycles. The number of likely N-dealkylation sites (tertiary alicyclic amines) is 1. The summed E-state index contributed by atoms with van der Waals surface area (Å²) in [5, 5.41) is 22.0. The molecule has 1 aromatic rings. The fraction of sp³-hybridized carbons (Fsp3) is 0.724. The van der Waals surface area contributed by atoms with Crippen LogP contribution in [0.15, 0.2) is 24.3 Å². The number of halogens is 1. The van der Waals surface area contributed by atoms with Crippen LogP contribution in [0.25, 0.3) is 0 Å². The van der Waals surface area contributed by atoms with Crippen molar-refractivity contribution in [2.75, 3.05) is 39.8 Å². The largest absolute Gasteiger partial charge is 0.450 e. The van der Waals surface area contributed by atoms with Crippen molar-refractivity contribution in [3.05, 3.63) is 34.9 Å². The predicted octanol–water partition coefficient (Wildman–Crippen LogP) is 5.03. The van der Waals surface area contributed by atoms with E-state index in [1.165, 1.54) is 32.1 Å². The Hall–Kier alpha value is -2.03. The minimum absolute atomic E-state index is 0.0526. The summed E-state index contributed by atoms with van der Waals surface area (Å²) in [6, 6.07) is 7.40. The Balaban J connectivity index is 1.67. The summed E-state index contributed by atoms with van der Waals surface area (Å²) < 4.78 is 4.94. The molecule has 1 aliphatic carbocycles. The number of likely N-dealkylation sites (N-methyl/N-ethyl adjacent to an activating group) is 1. The van der Waals surface area contributed by atoms with Crippen LogP contribution >= 0.6 is 11.6 Å². The number of amides is 3. The maximum atomic E-state index is 13.4. The Bertz CT molecular complexity index is 882. The summed E-state index contributed by atoms with van der Waals surface area (Å²) in [5.41, 5.74) is -0.425. The number of rotatable bonds is 12. The number of carbonyl (C=O) groups is 2. The van der Waals surface area contributed by atoms with Gasteiger partial charge in [-0.1, -0.05) is 55.8 Å². The summed E-state index contributed by atoms with van der Waals surface area (Å²) in [4.78, 5) is 27.0. The van der Waals surface area contributed by atoms with Crippen molar-refractivity contribution >= 4 is 23.7 Å². The van der Waals surface area contributed by atoms with Crippen LogP contribution in [0, 0.1) is 11.8 Å². The van der Waals surface area contributed by atoms with Crippen LogP contribution in [-0.4, -0.2) is 68.0 Å². The minimum Gasteiger partial charge on any atom is -0.450 e. The van der Waals surface area contributed by atoms with Gasteiger partial charge >= 0.3 is 12.1 Å². The van der Waals surface area contributed by atoms with E-state index in [0.29, 0.717) is 50.0 Å². The number of ether oxygens (including phenoxy) is 1. The van der Waals surface area contributed by atoms with Gasteiger partial charge in [-0.15, -0.1) is 0 Å². The van der Waals surface area contributed by atoms with E-state index in [0.717, 1.165) is 31.4 Å². The van der Waals surface area contributed by atoms with Gasteiger partial charge < -0.3 is 30.7 Å². The van der Waals surface area contributed by atoms with Crippen molar-refractivity contribution in [3.63, 3.8) is 0 Å². The molecule has 0 aromatic heterocycles. The van der Waals surface area contributed by atoms with E-state index in [2.05, 4.69) is 16.0 Å². The average molecular weight is 551 g/mol. The van der Waals surface area contributed by atoms with Gasteiger partial charge in [0.1, 0.15) is 0 Å². The Labute approximate surface area is 233 Å². The molecule has 3 unspecified atom stereocenters. The first-order valence-corrected chi connectivity index (χ1v) is 14.8. The highest BCUT2D eigenvalue weighted by molar-refractivity contribution is 6.30. The van der Waals surface area contributed by atoms with Gasteiger partial charge in [-0.05, 0) is 69.7 Å². The van der Waals surface area contributed by atoms with E-state index >= 15 is 0 Å². The molecule has 9 heteroatoms. The molecule has 1 aliphatic heterocycles. The molecule has 8 nitrogen and oxygen atoms in total. The van der Waals surface area contributed by atoms with E-state index < -0.39 is 11.7 Å². The number of nitrogens with zero attached hydrogens (tertiary/aromatic N) is 1. The number of carbonyl (C=O) groups excluding carboxylic acids is 2. The lowest BCUT2D eigenvalue weighted by molar-refractivity contribution is -0.0552. The topological polar surface area (TPSA) is 103 Å². The fourth-order valence-electron chi connectivity index (χ4n) is 6.15. The highest BCUT2D eigenvalue weighted by Gasteiger charge is 2.41. The number of benzene rings is 1. The third kappa shape index (κ3) is 9.02. The number of aliphatic hydroxyl groups is 1. The van der Waals surface area contributed by atoms with E-state index in [1.807, 2.05) is 30.1 Å². The summed E-state index contributed by atoms with van der Waals surface area (Å²) >= 11 is 6.31. The van der Waals surface area contributed by atoms with Crippen LogP contribution in [0.3, 0.4) is 0 Å². The second-order valence-electron chi connectivity index (χ2n) is 10.9. The predicted molar refractivity (Wildman–Crippen MR) is 151 cm³/mol. The molecule has 0 spiro atoms. The Morgan fingerprint density at radius 2 is 2.00 bits per heavy atom. The smallest absolute Gasteiger partial charge is 0.407 e. The summed E-state index contributed by atoms with van der Waals surface area (Å²) in [6.07, 6.45) is 9.57. The van der Waals surface area contributed by atoms with Crippen LogP contribution in [0.2, 0.25) is 5.02 Å². The summed E-state index contributed by atoms with van der Waals surface area (Å²) in [5.74, 6) is 0.525. The standard InChI is InChI=1S/C29H47ClN4O4/c1-3-38-28(36)32-16-9-15-29(37,23-12-7-14-25(30)19-23)24-13-8-17-34(21-24)27(35)33-26(20-31-2)18-22-10-5-4-6-11-22/h7,12,14,19,22,24,26,31,37H,3-6,8-11,13,15-18,20-21H2,1-2H3,(H,32,36)(H,33,35). The van der Waals surface area contributed by atoms with Gasteiger partial charge in [0.05, 0.1) is 12.2 Å². The van der Waals surface area contributed by atoms with Crippen LogP contribution in [0.1, 0.15) is 76.7 Å². The van der Waals surface area contributed by atoms with Gasteiger partial charge in [0, 0.05) is 43.2 Å². The van der Waals surface area contributed by atoms with Gasteiger partial charge in [-0.3, -0.25) is 0 Å². The lowest BCUT2D eigenvalue weighted by Gasteiger charge is -2.43. The number of nitrogens with one attached hydrogen (secondary N) is 3. The highest BCUT2D eigenvalue weighted by Crippen LogP contribution is 2.40. The molecular weight excluding hydrogens is 504 g/mol. The quantitative estimate of drug-likeness (QED) is 0.273. The molecule has 38 heavy (non-hydrogen) atoms. The zero-order valence-corrected chi connectivity index (χ0v) is 23.9. The molecule has 3 rings (SSSR count). The number of piperidine rings is 1. The maximum absolute atomic E-state index is 13.4. The Morgan fingerprint density at radius 1 is 1.21 bits per heavy atom. The van der Waals surface area contributed by atoms with Crippen LogP contribution in [0.5, 0.6) is 0 Å². The number of hydrogen-bond donors (Lipinski definition) is 4. The second-order valence-corrected chi connectivity index (χ2v) is 11.4. The Morgan fingerprint density at radius 3 is 2.71 bits per heavy atom. The minimum atomic E-state index is -1.17. The second kappa shape index (κ2) is 15.5. The lowest BCUT2D eigenvalue weighted by atomic mass is 9.74. The molecule has 2 fully saturated rings. The first kappa shape index (κ1) is 30.5. The first-order valence-electron chi connectivity index (χ1n) is 14.4. The van der Waals surface area contributed by atoms with Gasteiger partial charge in [-0.2, -0.15) is 0 Å². The van der Waals surface area contributed by atoms with Crippen LogP contribution in [0.4, 0.5) is 9.59 Å². The van der Waals surface area contributed by atoms with Crippen molar-refractivity contribution in [1.82, 2.24) is 20.9 Å². The van der Waals surface area contributed by atoms with Crippen LogP contribution < -0.4 is 16.0 Å². The van der Waals surface area contributed by atoms with Crippen molar-refractivity contribution in [3.8, 4) is 0 Å². The molecule has 1 aromatic carbocycles. The monoisotopic (exact) mass is 550 g/mol. The molecular formula is C29H47ClN4O4. The molecule has 1 saturated carbocycles. The number of alkyl carbamates (subject to hydrolysis) is 1. The molecule has 4 N–H and O–H groups in total. The van der Waals surface area contributed by atoms with Gasteiger partial charge in [-0.25, -0.2) is 9.59 Å². The van der Waals surface area contributed by atoms with Crippen LogP contribution in [-0.2, 0) is 10.3 Å². The molecule has 3 amide bonds. The lowest BCUT2D eigenvalue weighted by Crippen LogP contribution is -2.54.